The number of hydrogen-bond acceptors (Lipinski definition) is 9. The molecule has 3 amide bonds. The minimum Gasteiger partial charge on any atom is -0.494 e. The predicted molar refractivity (Wildman–Crippen MR) is 200 cm³/mol. The topological polar surface area (TPSA) is 134 Å². The number of benzene rings is 3. The molecule has 0 aliphatic carbocycles. The summed E-state index contributed by atoms with van der Waals surface area (Å²) in [5.41, 5.74) is 6.82. The Balaban J connectivity index is 1.16. The summed E-state index contributed by atoms with van der Waals surface area (Å²) in [6, 6.07) is 21.7. The molecule has 2 aromatic heterocycles. The molecule has 0 saturated carbocycles. The molecule has 1 saturated heterocycles. The molecule has 3 heterocycles. The molecule has 1 aliphatic rings. The molecule has 1 aliphatic heterocycles. The summed E-state index contributed by atoms with van der Waals surface area (Å²) < 4.78 is 7.88. The van der Waals surface area contributed by atoms with E-state index in [2.05, 4.69) is 60.2 Å². The molecule has 0 radical (unpaired) electrons. The minimum absolute atomic E-state index is 0.214. The number of amides is 3. The highest BCUT2D eigenvalue weighted by Gasteiger charge is 2.27. The number of ether oxygens (including phenoxy) is 1. The number of imide groups is 1. The zero-order valence-electron chi connectivity index (χ0n) is 29.3. The van der Waals surface area contributed by atoms with Gasteiger partial charge in [-0.3, -0.25) is 19.7 Å². The standard InChI is InChI=1S/C39H42N8O4/c1-6-36(48)41-31-21-32(43-39-40-18-17-30(42-39)29-24-47(4)33-10-8-7-9-28(29)33)35(51-5)22-34(31)46(3)20-19-45(2)23-25-11-13-26(14-12-25)27-15-16-37(49)44-38(27)50/h6-14,17-18,21-22,24,27H,1,15-16,19-20,23H2,2-5H3,(H,41,48)(H,40,42,43)(H,44,49,50). The van der Waals surface area contributed by atoms with Gasteiger partial charge in [0, 0.05) is 75.1 Å². The number of piperidine rings is 1. The Bertz CT molecular complexity index is 2090. The van der Waals surface area contributed by atoms with Crippen LogP contribution in [0.25, 0.3) is 22.2 Å². The van der Waals surface area contributed by atoms with Crippen molar-refractivity contribution in [3.8, 4) is 17.0 Å². The number of nitrogens with one attached hydrogen (secondary N) is 3. The average molecular weight is 687 g/mol. The van der Waals surface area contributed by atoms with E-state index in [0.29, 0.717) is 49.0 Å². The van der Waals surface area contributed by atoms with Gasteiger partial charge in [0.25, 0.3) is 0 Å². The quantitative estimate of drug-likeness (QED) is 0.107. The molecule has 0 bridgehead atoms. The molecule has 6 rings (SSSR count). The summed E-state index contributed by atoms with van der Waals surface area (Å²) in [6.45, 7) is 5.70. The van der Waals surface area contributed by atoms with E-state index in [-0.39, 0.29) is 23.6 Å². The van der Waals surface area contributed by atoms with Crippen molar-refractivity contribution in [2.24, 2.45) is 7.05 Å². The van der Waals surface area contributed by atoms with Gasteiger partial charge < -0.3 is 29.7 Å². The second-order valence-corrected chi connectivity index (χ2v) is 12.7. The summed E-state index contributed by atoms with van der Waals surface area (Å²) in [7, 11) is 7.62. The van der Waals surface area contributed by atoms with Gasteiger partial charge in [-0.1, -0.05) is 49.0 Å². The average Bonchev–Trinajstić information content (AvgIpc) is 3.47. The Morgan fingerprint density at radius 3 is 2.61 bits per heavy atom. The van der Waals surface area contributed by atoms with E-state index in [0.717, 1.165) is 45.5 Å². The van der Waals surface area contributed by atoms with E-state index in [1.165, 1.54) is 6.08 Å². The zero-order chi connectivity index (χ0) is 36.1. The zero-order valence-corrected chi connectivity index (χ0v) is 29.3. The van der Waals surface area contributed by atoms with Gasteiger partial charge in [-0.25, -0.2) is 9.97 Å². The van der Waals surface area contributed by atoms with E-state index in [4.69, 9.17) is 9.72 Å². The highest BCUT2D eigenvalue weighted by molar-refractivity contribution is 6.02. The van der Waals surface area contributed by atoms with E-state index < -0.39 is 0 Å². The number of nitrogens with zero attached hydrogens (tertiary/aromatic N) is 5. The third-order valence-electron chi connectivity index (χ3n) is 9.14. The van der Waals surface area contributed by atoms with Crippen LogP contribution in [-0.4, -0.2) is 71.5 Å². The molecule has 12 nitrogen and oxygen atoms in total. The number of carbonyl (C=O) groups is 3. The van der Waals surface area contributed by atoms with Crippen LogP contribution in [-0.2, 0) is 28.0 Å². The van der Waals surface area contributed by atoms with E-state index in [1.807, 2.05) is 75.7 Å². The Labute approximate surface area is 297 Å². The number of para-hydroxylation sites is 1. The summed E-state index contributed by atoms with van der Waals surface area (Å²) in [5.74, 6) is -0.153. The van der Waals surface area contributed by atoms with Crippen molar-refractivity contribution in [1.29, 1.82) is 0 Å². The maximum absolute atomic E-state index is 12.5. The van der Waals surface area contributed by atoms with E-state index in [9.17, 15) is 14.4 Å². The second-order valence-electron chi connectivity index (χ2n) is 12.7. The fourth-order valence-corrected chi connectivity index (χ4v) is 6.37. The van der Waals surface area contributed by atoms with Gasteiger partial charge in [0.2, 0.25) is 23.7 Å². The number of carbonyl (C=O) groups excluding carboxylic acids is 3. The van der Waals surface area contributed by atoms with Gasteiger partial charge in [-0.2, -0.15) is 0 Å². The third-order valence-corrected chi connectivity index (χ3v) is 9.14. The van der Waals surface area contributed by atoms with Crippen molar-refractivity contribution in [2.75, 3.05) is 49.8 Å². The van der Waals surface area contributed by atoms with Gasteiger partial charge in [-0.15, -0.1) is 0 Å². The summed E-state index contributed by atoms with van der Waals surface area (Å²) in [6.07, 6.45) is 5.89. The van der Waals surface area contributed by atoms with Crippen LogP contribution in [0.5, 0.6) is 5.75 Å². The Hall–Kier alpha value is -6.01. The number of rotatable bonds is 13. The molecular weight excluding hydrogens is 644 g/mol. The van der Waals surface area contributed by atoms with Crippen molar-refractivity contribution >= 4 is 51.6 Å². The van der Waals surface area contributed by atoms with E-state index >= 15 is 0 Å². The first-order valence-corrected chi connectivity index (χ1v) is 16.8. The van der Waals surface area contributed by atoms with Crippen LogP contribution in [0.3, 0.4) is 0 Å². The molecule has 12 heteroatoms. The van der Waals surface area contributed by atoms with Gasteiger partial charge in [0.05, 0.1) is 35.8 Å². The van der Waals surface area contributed by atoms with Crippen molar-refractivity contribution < 1.29 is 19.1 Å². The number of aromatic nitrogens is 3. The molecule has 3 aromatic carbocycles. The molecular formula is C39H42N8O4. The first kappa shape index (κ1) is 34.8. The Kier molecular flexibility index (Phi) is 10.4. The van der Waals surface area contributed by atoms with Crippen molar-refractivity contribution in [2.45, 2.75) is 25.3 Å². The molecule has 3 N–H and O–H groups in total. The summed E-state index contributed by atoms with van der Waals surface area (Å²) in [4.78, 5) is 49.9. The second kappa shape index (κ2) is 15.3. The SMILES string of the molecule is C=CC(=O)Nc1cc(Nc2nccc(-c3cn(C)c4ccccc34)n2)c(OC)cc1N(C)CCN(C)Cc1ccc(C2CCC(=O)NC2=O)cc1. The summed E-state index contributed by atoms with van der Waals surface area (Å²) in [5, 5.41) is 9.77. The van der Waals surface area contributed by atoms with Crippen molar-refractivity contribution in [1.82, 2.24) is 24.8 Å². The fourth-order valence-electron chi connectivity index (χ4n) is 6.37. The lowest BCUT2D eigenvalue weighted by atomic mass is 9.90. The number of methoxy groups -OCH3 is 1. The number of likely N-dealkylation sites (N-methyl/N-ethyl adjacent to an activating group) is 2. The lowest BCUT2D eigenvalue weighted by Gasteiger charge is -2.27. The summed E-state index contributed by atoms with van der Waals surface area (Å²) >= 11 is 0. The Morgan fingerprint density at radius 1 is 1.08 bits per heavy atom. The maximum atomic E-state index is 12.5. The van der Waals surface area contributed by atoms with E-state index in [1.54, 1.807) is 13.3 Å². The minimum atomic E-state index is -0.340. The monoisotopic (exact) mass is 686 g/mol. The number of hydrogen-bond donors (Lipinski definition) is 3. The fraction of sp³-hybridized carbons (Fsp3) is 0.256. The molecule has 5 aromatic rings. The van der Waals surface area contributed by atoms with Gasteiger partial charge >= 0.3 is 0 Å². The van der Waals surface area contributed by atoms with Gasteiger partial charge in [0.15, 0.2) is 0 Å². The number of anilines is 4. The molecule has 0 spiro atoms. The van der Waals surface area contributed by atoms with Crippen LogP contribution in [0.1, 0.15) is 29.9 Å². The van der Waals surface area contributed by atoms with Crippen LogP contribution in [0.4, 0.5) is 23.0 Å². The third kappa shape index (κ3) is 7.92. The molecule has 1 unspecified atom stereocenters. The smallest absolute Gasteiger partial charge is 0.247 e. The first-order chi connectivity index (χ1) is 24.6. The van der Waals surface area contributed by atoms with Crippen LogP contribution < -0.4 is 25.6 Å². The molecule has 1 atom stereocenters. The maximum Gasteiger partial charge on any atom is 0.247 e. The van der Waals surface area contributed by atoms with Gasteiger partial charge in [0.1, 0.15) is 5.75 Å². The molecule has 1 fully saturated rings. The lowest BCUT2D eigenvalue weighted by molar-refractivity contribution is -0.134. The van der Waals surface area contributed by atoms with Crippen LogP contribution in [0.2, 0.25) is 0 Å². The predicted octanol–water partition coefficient (Wildman–Crippen LogP) is 5.60. The lowest BCUT2D eigenvalue weighted by Crippen LogP contribution is -2.39. The van der Waals surface area contributed by atoms with Crippen LogP contribution >= 0.6 is 0 Å². The highest BCUT2D eigenvalue weighted by Crippen LogP contribution is 2.38. The number of fused-ring (bicyclic) bond motifs is 1. The van der Waals surface area contributed by atoms with Crippen molar-refractivity contribution in [3.63, 3.8) is 0 Å². The molecule has 262 valence electrons. The van der Waals surface area contributed by atoms with Gasteiger partial charge in [-0.05, 0) is 48.9 Å². The Morgan fingerprint density at radius 2 is 1.86 bits per heavy atom. The molecule has 51 heavy (non-hydrogen) atoms. The van der Waals surface area contributed by atoms with Crippen LogP contribution in [0, 0.1) is 0 Å². The van der Waals surface area contributed by atoms with Crippen molar-refractivity contribution in [3.05, 3.63) is 103 Å². The first-order valence-electron chi connectivity index (χ1n) is 16.8. The number of aryl methyl sites for hydroxylation is 1. The highest BCUT2D eigenvalue weighted by atomic mass is 16.5. The normalized spacial score (nSPS) is 14.3. The van der Waals surface area contributed by atoms with Crippen LogP contribution in [0.15, 0.2) is 91.8 Å². The largest absolute Gasteiger partial charge is 0.494 e.